The SMILES string of the molecule is O=C(O)COC(=O)C1C2CCC(C2)C1C(=O)OC1CC2CC1C1C3CCC(C3)C21. The topological polar surface area (TPSA) is 89.9 Å². The summed E-state index contributed by atoms with van der Waals surface area (Å²) in [7, 11) is 0. The van der Waals surface area contributed by atoms with Crippen molar-refractivity contribution in [3.63, 3.8) is 0 Å². The van der Waals surface area contributed by atoms with E-state index in [0.29, 0.717) is 5.92 Å². The Morgan fingerprint density at radius 1 is 0.724 bits per heavy atom. The van der Waals surface area contributed by atoms with Gasteiger partial charge in [-0.15, -0.1) is 0 Å². The van der Waals surface area contributed by atoms with Crippen LogP contribution in [0.5, 0.6) is 0 Å². The maximum atomic E-state index is 13.2. The first-order chi connectivity index (χ1) is 14.0. The number of carbonyl (C=O) groups excluding carboxylic acids is 2. The van der Waals surface area contributed by atoms with Crippen LogP contribution in [0.3, 0.4) is 0 Å². The van der Waals surface area contributed by atoms with Gasteiger partial charge in [0.15, 0.2) is 6.61 Å². The molecule has 0 saturated heterocycles. The van der Waals surface area contributed by atoms with Gasteiger partial charge in [0.25, 0.3) is 0 Å². The van der Waals surface area contributed by atoms with E-state index in [9.17, 15) is 14.4 Å². The minimum atomic E-state index is -1.16. The first-order valence-electron chi connectivity index (χ1n) is 11.6. The third-order valence-corrected chi connectivity index (χ3v) is 9.74. The number of esters is 2. The Kier molecular flexibility index (Phi) is 4.05. The number of hydrogen-bond acceptors (Lipinski definition) is 5. The van der Waals surface area contributed by atoms with Crippen LogP contribution in [0, 0.1) is 59.2 Å². The summed E-state index contributed by atoms with van der Waals surface area (Å²) < 4.78 is 11.1. The van der Waals surface area contributed by atoms with Crippen LogP contribution in [-0.4, -0.2) is 35.7 Å². The Balaban J connectivity index is 1.15. The molecule has 0 heterocycles. The normalized spacial score (nSPS) is 50.7. The molecule has 6 rings (SSSR count). The summed E-state index contributed by atoms with van der Waals surface area (Å²) in [4.78, 5) is 36.6. The summed E-state index contributed by atoms with van der Waals surface area (Å²) in [5.41, 5.74) is 0. The second-order valence-electron chi connectivity index (χ2n) is 10.7. The second-order valence-corrected chi connectivity index (χ2v) is 10.7. The molecule has 6 aliphatic rings. The van der Waals surface area contributed by atoms with Crippen LogP contribution in [-0.2, 0) is 23.9 Å². The third kappa shape index (κ3) is 2.63. The highest BCUT2D eigenvalue weighted by Crippen LogP contribution is 2.68. The predicted octanol–water partition coefficient (Wildman–Crippen LogP) is 2.89. The van der Waals surface area contributed by atoms with Gasteiger partial charge >= 0.3 is 17.9 Å². The van der Waals surface area contributed by atoms with Gasteiger partial charge in [-0.1, -0.05) is 0 Å². The Labute approximate surface area is 170 Å². The van der Waals surface area contributed by atoms with E-state index in [-0.39, 0.29) is 23.9 Å². The van der Waals surface area contributed by atoms with Crippen LogP contribution in [0.2, 0.25) is 0 Å². The van der Waals surface area contributed by atoms with E-state index in [2.05, 4.69) is 0 Å². The maximum Gasteiger partial charge on any atom is 0.341 e. The molecule has 0 aliphatic heterocycles. The molecule has 0 radical (unpaired) electrons. The zero-order valence-corrected chi connectivity index (χ0v) is 16.7. The van der Waals surface area contributed by atoms with Gasteiger partial charge in [-0.2, -0.15) is 0 Å². The molecule has 6 saturated carbocycles. The monoisotopic (exact) mass is 402 g/mol. The van der Waals surface area contributed by atoms with Gasteiger partial charge in [0, 0.05) is 0 Å². The fourth-order valence-corrected chi connectivity index (χ4v) is 9.07. The standard InChI is InChI=1S/C23H30O6/c24-17(25)9-28-22(26)20-12-3-4-13(6-12)21(20)23(27)29-16-8-14-7-15(16)19-11-2-1-10(5-11)18(14)19/h10-16,18-21H,1-9H2,(H,24,25). The average Bonchev–Trinajstić information content (AvgIpc) is 3.50. The summed E-state index contributed by atoms with van der Waals surface area (Å²) in [6.07, 6.45) is 9.16. The fourth-order valence-electron chi connectivity index (χ4n) is 9.07. The van der Waals surface area contributed by atoms with Gasteiger partial charge in [-0.3, -0.25) is 9.59 Å². The lowest BCUT2D eigenvalue weighted by Crippen LogP contribution is -2.42. The van der Waals surface area contributed by atoms with Gasteiger partial charge in [0.2, 0.25) is 0 Å². The first kappa shape index (κ1) is 18.2. The van der Waals surface area contributed by atoms with Crippen molar-refractivity contribution in [3.05, 3.63) is 0 Å². The number of aliphatic carboxylic acids is 1. The van der Waals surface area contributed by atoms with E-state index in [0.717, 1.165) is 55.3 Å². The average molecular weight is 402 g/mol. The molecule has 11 unspecified atom stereocenters. The molecule has 6 nitrogen and oxygen atoms in total. The Hall–Kier alpha value is -1.59. The molecule has 6 heteroatoms. The lowest BCUT2D eigenvalue weighted by Gasteiger charge is -2.39. The minimum Gasteiger partial charge on any atom is -0.479 e. The Morgan fingerprint density at radius 3 is 2.07 bits per heavy atom. The molecule has 6 fully saturated rings. The largest absolute Gasteiger partial charge is 0.479 e. The van der Waals surface area contributed by atoms with E-state index in [1.165, 1.54) is 25.7 Å². The lowest BCUT2D eigenvalue weighted by atomic mass is 9.70. The highest BCUT2D eigenvalue weighted by Gasteiger charge is 2.64. The predicted molar refractivity (Wildman–Crippen MR) is 100 cm³/mol. The smallest absolute Gasteiger partial charge is 0.341 e. The van der Waals surface area contributed by atoms with E-state index in [1.54, 1.807) is 0 Å². The molecule has 29 heavy (non-hydrogen) atoms. The van der Waals surface area contributed by atoms with Crippen molar-refractivity contribution in [2.75, 3.05) is 6.61 Å². The van der Waals surface area contributed by atoms with Crippen LogP contribution in [0.1, 0.15) is 51.4 Å². The number of carbonyl (C=O) groups is 3. The van der Waals surface area contributed by atoms with Gasteiger partial charge in [-0.05, 0) is 98.7 Å². The number of fused-ring (bicyclic) bond motifs is 11. The summed E-state index contributed by atoms with van der Waals surface area (Å²) >= 11 is 0. The summed E-state index contributed by atoms with van der Waals surface area (Å²) in [6, 6.07) is 0. The van der Waals surface area contributed by atoms with Gasteiger partial charge < -0.3 is 14.6 Å². The number of ether oxygens (including phenoxy) is 2. The van der Waals surface area contributed by atoms with Crippen LogP contribution >= 0.6 is 0 Å². The van der Waals surface area contributed by atoms with Gasteiger partial charge in [0.05, 0.1) is 11.8 Å². The summed E-state index contributed by atoms with van der Waals surface area (Å²) in [5.74, 6) is 2.14. The molecule has 0 aromatic rings. The zero-order valence-electron chi connectivity index (χ0n) is 16.7. The highest BCUT2D eigenvalue weighted by molar-refractivity contribution is 5.85. The molecule has 158 valence electrons. The van der Waals surface area contributed by atoms with Gasteiger partial charge in [-0.25, -0.2) is 4.79 Å². The van der Waals surface area contributed by atoms with Crippen LogP contribution in [0.4, 0.5) is 0 Å². The minimum absolute atomic E-state index is 0.0305. The molecule has 0 amide bonds. The van der Waals surface area contributed by atoms with Crippen molar-refractivity contribution in [1.82, 2.24) is 0 Å². The van der Waals surface area contributed by atoms with Crippen molar-refractivity contribution in [1.29, 1.82) is 0 Å². The van der Waals surface area contributed by atoms with Crippen molar-refractivity contribution in [2.45, 2.75) is 57.5 Å². The second kappa shape index (κ2) is 6.45. The molecule has 11 atom stereocenters. The molecule has 6 aliphatic carbocycles. The third-order valence-electron chi connectivity index (χ3n) is 9.74. The molecular weight excluding hydrogens is 372 g/mol. The Morgan fingerprint density at radius 2 is 1.34 bits per heavy atom. The molecule has 0 spiro atoms. The molecule has 0 aromatic carbocycles. The van der Waals surface area contributed by atoms with Crippen LogP contribution in [0.25, 0.3) is 0 Å². The summed E-state index contributed by atoms with van der Waals surface area (Å²) in [6.45, 7) is -0.632. The quantitative estimate of drug-likeness (QED) is 0.562. The lowest BCUT2D eigenvalue weighted by molar-refractivity contribution is -0.171. The van der Waals surface area contributed by atoms with E-state index >= 15 is 0 Å². The van der Waals surface area contributed by atoms with Crippen LogP contribution in [0.15, 0.2) is 0 Å². The number of carboxylic acids is 1. The highest BCUT2D eigenvalue weighted by atomic mass is 16.6. The molecule has 0 aromatic heterocycles. The van der Waals surface area contributed by atoms with E-state index in [1.807, 2.05) is 0 Å². The number of hydrogen-bond donors (Lipinski definition) is 1. The molecule has 1 N–H and O–H groups in total. The van der Waals surface area contributed by atoms with E-state index < -0.39 is 30.4 Å². The number of carboxylic acid groups (broad SMARTS) is 1. The fraction of sp³-hybridized carbons (Fsp3) is 0.870. The van der Waals surface area contributed by atoms with Crippen molar-refractivity contribution in [2.24, 2.45) is 59.2 Å². The van der Waals surface area contributed by atoms with Gasteiger partial charge in [0.1, 0.15) is 6.10 Å². The molecule has 6 bridgehead atoms. The molecular formula is C23H30O6. The zero-order chi connectivity index (χ0) is 19.9. The Bertz CT molecular complexity index is 748. The van der Waals surface area contributed by atoms with Crippen molar-refractivity contribution < 1.29 is 29.0 Å². The maximum absolute atomic E-state index is 13.2. The summed E-state index contributed by atoms with van der Waals surface area (Å²) in [5, 5.41) is 8.81. The van der Waals surface area contributed by atoms with E-state index in [4.69, 9.17) is 14.6 Å². The first-order valence-corrected chi connectivity index (χ1v) is 11.6. The van der Waals surface area contributed by atoms with Crippen LogP contribution < -0.4 is 0 Å². The number of rotatable bonds is 5. The van der Waals surface area contributed by atoms with Crippen molar-refractivity contribution >= 4 is 17.9 Å². The van der Waals surface area contributed by atoms with Crippen molar-refractivity contribution in [3.8, 4) is 0 Å².